The highest BCUT2D eigenvalue weighted by Crippen LogP contribution is 2.22. The molecule has 0 spiro atoms. The van der Waals surface area contributed by atoms with E-state index in [0.717, 1.165) is 5.56 Å². The van der Waals surface area contributed by atoms with Gasteiger partial charge in [-0.25, -0.2) is 8.42 Å². The number of aliphatic carboxylic acids is 1. The molecule has 1 aromatic rings. The maximum Gasteiger partial charge on any atom is 0.317 e. The summed E-state index contributed by atoms with van der Waals surface area (Å²) >= 11 is 0. The first-order valence-corrected chi connectivity index (χ1v) is 8.91. The van der Waals surface area contributed by atoms with Crippen molar-refractivity contribution in [2.75, 3.05) is 24.6 Å². The molecule has 1 saturated heterocycles. The van der Waals surface area contributed by atoms with Gasteiger partial charge in [0.15, 0.2) is 9.84 Å². The van der Waals surface area contributed by atoms with Gasteiger partial charge in [0.25, 0.3) is 0 Å². The summed E-state index contributed by atoms with van der Waals surface area (Å²) in [6.45, 7) is 2.47. The van der Waals surface area contributed by atoms with Gasteiger partial charge in [-0.1, -0.05) is 37.3 Å². The lowest BCUT2D eigenvalue weighted by Gasteiger charge is -2.29. The predicted molar refractivity (Wildman–Crippen MR) is 81.1 cm³/mol. The molecule has 2 unspecified atom stereocenters. The Hall–Kier alpha value is -1.40. The molecule has 6 heteroatoms. The van der Waals surface area contributed by atoms with Crippen LogP contribution in [0.4, 0.5) is 0 Å². The third kappa shape index (κ3) is 4.54. The molecular weight excluding hydrogens is 290 g/mol. The van der Waals surface area contributed by atoms with Gasteiger partial charge in [0.05, 0.1) is 18.1 Å². The topological polar surface area (TPSA) is 74.7 Å². The zero-order valence-electron chi connectivity index (χ0n) is 12.1. The van der Waals surface area contributed by atoms with E-state index in [-0.39, 0.29) is 30.0 Å². The Morgan fingerprint density at radius 1 is 1.38 bits per heavy atom. The number of nitrogens with zero attached hydrogens (tertiary/aromatic N) is 1. The third-order valence-electron chi connectivity index (χ3n) is 3.94. The summed E-state index contributed by atoms with van der Waals surface area (Å²) in [6, 6.07) is 9.68. The summed E-state index contributed by atoms with van der Waals surface area (Å²) in [5, 5.41) is 9.07. The average Bonchev–Trinajstić information content (AvgIpc) is 2.79. The molecule has 1 heterocycles. The molecule has 0 amide bonds. The summed E-state index contributed by atoms with van der Waals surface area (Å²) < 4.78 is 23.2. The SMILES string of the molecule is CC(CN(CC(=O)O)C1CCS(=O)(=O)C1)c1ccccc1. The fourth-order valence-electron chi connectivity index (χ4n) is 2.82. The lowest BCUT2D eigenvalue weighted by Crippen LogP contribution is -2.42. The van der Waals surface area contributed by atoms with Crippen LogP contribution in [0, 0.1) is 0 Å². The van der Waals surface area contributed by atoms with E-state index < -0.39 is 15.8 Å². The van der Waals surface area contributed by atoms with Gasteiger partial charge in [-0.3, -0.25) is 9.69 Å². The monoisotopic (exact) mass is 311 g/mol. The van der Waals surface area contributed by atoms with Gasteiger partial charge in [0.2, 0.25) is 0 Å². The Bertz CT molecular complexity index is 585. The van der Waals surface area contributed by atoms with Crippen LogP contribution in [0.5, 0.6) is 0 Å². The van der Waals surface area contributed by atoms with Crippen molar-refractivity contribution in [3.05, 3.63) is 35.9 Å². The minimum atomic E-state index is -3.01. The Kier molecular flexibility index (Phi) is 5.00. The number of rotatable bonds is 6. The van der Waals surface area contributed by atoms with E-state index in [1.807, 2.05) is 37.3 Å². The third-order valence-corrected chi connectivity index (χ3v) is 5.69. The molecule has 0 bridgehead atoms. The molecule has 1 aliphatic heterocycles. The summed E-state index contributed by atoms with van der Waals surface area (Å²) in [6.07, 6.45) is 0.525. The maximum atomic E-state index is 11.6. The molecule has 0 saturated carbocycles. The summed E-state index contributed by atoms with van der Waals surface area (Å²) in [5.74, 6) is -0.525. The highest BCUT2D eigenvalue weighted by Gasteiger charge is 2.33. The van der Waals surface area contributed by atoms with Crippen LogP contribution in [-0.4, -0.2) is 55.0 Å². The van der Waals surface area contributed by atoms with Crippen molar-refractivity contribution < 1.29 is 18.3 Å². The van der Waals surface area contributed by atoms with Crippen LogP contribution >= 0.6 is 0 Å². The number of carboxylic acids is 1. The van der Waals surface area contributed by atoms with E-state index in [9.17, 15) is 13.2 Å². The molecule has 1 aromatic carbocycles. The van der Waals surface area contributed by atoms with E-state index >= 15 is 0 Å². The lowest BCUT2D eigenvalue weighted by atomic mass is 10.00. The van der Waals surface area contributed by atoms with Crippen LogP contribution in [0.3, 0.4) is 0 Å². The van der Waals surface area contributed by atoms with Gasteiger partial charge in [-0.2, -0.15) is 0 Å². The highest BCUT2D eigenvalue weighted by atomic mass is 32.2. The first kappa shape index (κ1) is 16.0. The number of carbonyl (C=O) groups is 1. The molecule has 5 nitrogen and oxygen atoms in total. The van der Waals surface area contributed by atoms with Crippen LogP contribution in [-0.2, 0) is 14.6 Å². The van der Waals surface area contributed by atoms with Crippen LogP contribution in [0.15, 0.2) is 30.3 Å². The summed E-state index contributed by atoms with van der Waals surface area (Å²) in [4.78, 5) is 12.9. The number of sulfone groups is 1. The Balaban J connectivity index is 2.08. The number of hydrogen-bond donors (Lipinski definition) is 1. The Morgan fingerprint density at radius 3 is 2.57 bits per heavy atom. The average molecular weight is 311 g/mol. The van der Waals surface area contributed by atoms with Crippen molar-refractivity contribution in [2.45, 2.75) is 25.3 Å². The second-order valence-electron chi connectivity index (χ2n) is 5.69. The van der Waals surface area contributed by atoms with Crippen LogP contribution in [0.1, 0.15) is 24.8 Å². The molecule has 21 heavy (non-hydrogen) atoms. The van der Waals surface area contributed by atoms with E-state index in [0.29, 0.717) is 13.0 Å². The van der Waals surface area contributed by atoms with Gasteiger partial charge >= 0.3 is 5.97 Å². The zero-order valence-corrected chi connectivity index (χ0v) is 12.9. The van der Waals surface area contributed by atoms with Gasteiger partial charge in [-0.15, -0.1) is 0 Å². The first-order valence-electron chi connectivity index (χ1n) is 7.08. The van der Waals surface area contributed by atoms with Crippen LogP contribution < -0.4 is 0 Å². The standard InChI is InChI=1S/C15H21NO4S/c1-12(13-5-3-2-4-6-13)9-16(10-15(17)18)14-7-8-21(19,20)11-14/h2-6,12,14H,7-11H2,1H3,(H,17,18). The van der Waals surface area contributed by atoms with Gasteiger partial charge in [0, 0.05) is 12.6 Å². The Morgan fingerprint density at radius 2 is 2.05 bits per heavy atom. The van der Waals surface area contributed by atoms with E-state index in [1.165, 1.54) is 0 Å². The minimum Gasteiger partial charge on any atom is -0.480 e. The maximum absolute atomic E-state index is 11.6. The molecule has 1 fully saturated rings. The van der Waals surface area contributed by atoms with E-state index in [4.69, 9.17) is 5.11 Å². The lowest BCUT2D eigenvalue weighted by molar-refractivity contribution is -0.138. The number of hydrogen-bond acceptors (Lipinski definition) is 4. The fourth-order valence-corrected chi connectivity index (χ4v) is 4.58. The normalized spacial score (nSPS) is 22.3. The molecule has 2 rings (SSSR count). The van der Waals surface area contributed by atoms with Crippen LogP contribution in [0.25, 0.3) is 0 Å². The smallest absolute Gasteiger partial charge is 0.317 e. The van der Waals surface area contributed by atoms with Crippen molar-refractivity contribution >= 4 is 15.8 Å². The summed E-state index contributed by atoms with van der Waals surface area (Å²) in [7, 11) is -3.01. The first-order chi connectivity index (χ1) is 9.87. The predicted octanol–water partition coefficient (Wildman–Crippen LogP) is 1.36. The van der Waals surface area contributed by atoms with E-state index in [1.54, 1.807) is 4.90 Å². The number of benzene rings is 1. The van der Waals surface area contributed by atoms with Crippen LogP contribution in [0.2, 0.25) is 0 Å². The molecule has 0 aromatic heterocycles. The van der Waals surface area contributed by atoms with Crippen molar-refractivity contribution in [1.82, 2.24) is 4.90 Å². The fraction of sp³-hybridized carbons (Fsp3) is 0.533. The van der Waals surface area contributed by atoms with Gasteiger partial charge in [-0.05, 0) is 17.9 Å². The number of carboxylic acid groups (broad SMARTS) is 1. The highest BCUT2D eigenvalue weighted by molar-refractivity contribution is 7.91. The second-order valence-corrected chi connectivity index (χ2v) is 7.92. The molecular formula is C15H21NO4S. The van der Waals surface area contributed by atoms with Crippen molar-refractivity contribution in [2.24, 2.45) is 0 Å². The molecule has 116 valence electrons. The Labute approximate surface area is 125 Å². The molecule has 2 atom stereocenters. The quantitative estimate of drug-likeness (QED) is 0.858. The van der Waals surface area contributed by atoms with Crippen molar-refractivity contribution in [3.8, 4) is 0 Å². The molecule has 0 aliphatic carbocycles. The molecule has 1 aliphatic rings. The minimum absolute atomic E-state index is 0.0712. The largest absolute Gasteiger partial charge is 0.480 e. The van der Waals surface area contributed by atoms with Gasteiger partial charge in [0.1, 0.15) is 0 Å². The summed E-state index contributed by atoms with van der Waals surface area (Å²) in [5.41, 5.74) is 1.13. The van der Waals surface area contributed by atoms with Crippen molar-refractivity contribution in [1.29, 1.82) is 0 Å². The molecule has 1 N–H and O–H groups in total. The van der Waals surface area contributed by atoms with E-state index in [2.05, 4.69) is 0 Å². The second kappa shape index (κ2) is 6.58. The zero-order chi connectivity index (χ0) is 15.5. The van der Waals surface area contributed by atoms with Crippen molar-refractivity contribution in [3.63, 3.8) is 0 Å². The van der Waals surface area contributed by atoms with Gasteiger partial charge < -0.3 is 5.11 Å². The molecule has 0 radical (unpaired) electrons.